The molecular formula is C14H22N2O4S. The molecule has 1 aliphatic heterocycles. The normalized spacial score (nSPS) is 22.9. The van der Waals surface area contributed by atoms with E-state index in [4.69, 9.17) is 9.47 Å². The number of methoxy groups -OCH3 is 1. The molecule has 21 heavy (non-hydrogen) atoms. The predicted molar refractivity (Wildman–Crippen MR) is 80.3 cm³/mol. The lowest BCUT2D eigenvalue weighted by atomic mass is 10.0. The molecule has 0 unspecified atom stereocenters. The maximum Gasteiger partial charge on any atom is 0.422 e. The smallest absolute Gasteiger partial charge is 0.422 e. The number of imidazole rings is 1. The second-order valence-corrected chi connectivity index (χ2v) is 7.79. The molecule has 1 aromatic heterocycles. The first-order valence-corrected chi connectivity index (χ1v) is 8.50. The van der Waals surface area contributed by atoms with E-state index in [9.17, 15) is 9.00 Å². The first kappa shape index (κ1) is 16.0. The Labute approximate surface area is 127 Å². The standard InChI is InChI=1S/C14H22N2O4S/c1-14(2,3)20-13(17)16-11(19-4)9-15-12(16)10-5-7-21(18)8-6-10/h9-10H,5-8H2,1-4H3. The molecule has 7 heteroatoms. The zero-order chi connectivity index (χ0) is 15.6. The Hall–Kier alpha value is -1.37. The van der Waals surface area contributed by atoms with Gasteiger partial charge in [0.1, 0.15) is 11.4 Å². The van der Waals surface area contributed by atoms with Crippen LogP contribution < -0.4 is 4.74 Å². The van der Waals surface area contributed by atoms with Crippen LogP contribution in [0.15, 0.2) is 6.20 Å². The van der Waals surface area contributed by atoms with E-state index >= 15 is 0 Å². The minimum Gasteiger partial charge on any atom is -0.481 e. The molecule has 0 saturated carbocycles. The van der Waals surface area contributed by atoms with E-state index < -0.39 is 22.5 Å². The third-order valence-corrected chi connectivity index (χ3v) is 4.68. The molecule has 1 aromatic rings. The average Bonchev–Trinajstić information content (AvgIpc) is 2.81. The van der Waals surface area contributed by atoms with Gasteiger partial charge in [-0.1, -0.05) is 0 Å². The van der Waals surface area contributed by atoms with Crippen molar-refractivity contribution >= 4 is 16.9 Å². The molecular weight excluding hydrogens is 292 g/mol. The summed E-state index contributed by atoms with van der Waals surface area (Å²) in [6.07, 6.45) is 2.56. The van der Waals surface area contributed by atoms with Crippen LogP contribution in [-0.4, -0.2) is 44.1 Å². The van der Waals surface area contributed by atoms with Crippen molar-refractivity contribution in [2.24, 2.45) is 0 Å². The highest BCUT2D eigenvalue weighted by Crippen LogP contribution is 2.30. The van der Waals surface area contributed by atoms with Crippen LogP contribution in [0, 0.1) is 0 Å². The number of rotatable bonds is 2. The topological polar surface area (TPSA) is 70.4 Å². The number of hydrogen-bond donors (Lipinski definition) is 0. The number of ether oxygens (including phenoxy) is 2. The van der Waals surface area contributed by atoms with Gasteiger partial charge in [0.25, 0.3) is 0 Å². The molecule has 6 nitrogen and oxygen atoms in total. The van der Waals surface area contributed by atoms with E-state index in [0.717, 1.165) is 12.8 Å². The van der Waals surface area contributed by atoms with E-state index in [1.54, 1.807) is 0 Å². The SMILES string of the molecule is COc1cnc(C2CCS(=O)CC2)n1C(=O)OC(C)(C)C. The summed E-state index contributed by atoms with van der Waals surface area (Å²) in [4.78, 5) is 16.7. The number of hydrogen-bond acceptors (Lipinski definition) is 5. The quantitative estimate of drug-likeness (QED) is 0.837. The lowest BCUT2D eigenvalue weighted by molar-refractivity contribution is 0.0516. The minimum atomic E-state index is -0.747. The van der Waals surface area contributed by atoms with Gasteiger partial charge < -0.3 is 9.47 Å². The van der Waals surface area contributed by atoms with Crippen LogP contribution in [0.2, 0.25) is 0 Å². The van der Waals surface area contributed by atoms with E-state index in [2.05, 4.69) is 4.98 Å². The zero-order valence-corrected chi connectivity index (χ0v) is 13.7. The first-order valence-electron chi connectivity index (χ1n) is 7.02. The fraction of sp³-hybridized carbons (Fsp3) is 0.714. The van der Waals surface area contributed by atoms with Crippen LogP contribution in [0.1, 0.15) is 45.4 Å². The van der Waals surface area contributed by atoms with Crippen molar-refractivity contribution in [2.45, 2.75) is 45.1 Å². The zero-order valence-electron chi connectivity index (χ0n) is 12.9. The molecule has 1 saturated heterocycles. The predicted octanol–water partition coefficient (Wildman–Crippen LogP) is 2.30. The number of carbonyl (C=O) groups excluding carboxylic acids is 1. The molecule has 0 bridgehead atoms. The van der Waals surface area contributed by atoms with Crippen LogP contribution in [-0.2, 0) is 15.5 Å². The fourth-order valence-corrected chi connectivity index (χ4v) is 3.62. The monoisotopic (exact) mass is 314 g/mol. The van der Waals surface area contributed by atoms with E-state index in [1.807, 2.05) is 20.8 Å². The maximum atomic E-state index is 12.4. The van der Waals surface area contributed by atoms with Crippen LogP contribution in [0.3, 0.4) is 0 Å². The van der Waals surface area contributed by atoms with Crippen molar-refractivity contribution < 1.29 is 18.5 Å². The summed E-state index contributed by atoms with van der Waals surface area (Å²) in [6.45, 7) is 5.45. The van der Waals surface area contributed by atoms with Gasteiger partial charge in [-0.3, -0.25) is 4.21 Å². The summed E-state index contributed by atoms with van der Waals surface area (Å²) in [5, 5.41) is 0. The van der Waals surface area contributed by atoms with Gasteiger partial charge in [0.05, 0.1) is 13.3 Å². The molecule has 0 radical (unpaired) electrons. The molecule has 0 aliphatic carbocycles. The van der Waals surface area contributed by atoms with Gasteiger partial charge in [-0.2, -0.15) is 0 Å². The number of nitrogens with zero attached hydrogens (tertiary/aromatic N) is 2. The Morgan fingerprint density at radius 3 is 2.52 bits per heavy atom. The highest BCUT2D eigenvalue weighted by molar-refractivity contribution is 7.85. The van der Waals surface area contributed by atoms with Gasteiger partial charge >= 0.3 is 6.09 Å². The summed E-state index contributed by atoms with van der Waals surface area (Å²) in [7, 11) is 0.750. The molecule has 0 aromatic carbocycles. The van der Waals surface area contributed by atoms with Crippen LogP contribution in [0.5, 0.6) is 5.88 Å². The molecule has 0 N–H and O–H groups in total. The molecule has 118 valence electrons. The van der Waals surface area contributed by atoms with Gasteiger partial charge in [0.15, 0.2) is 0 Å². The van der Waals surface area contributed by atoms with Crippen LogP contribution >= 0.6 is 0 Å². The van der Waals surface area contributed by atoms with Crippen molar-refractivity contribution in [1.29, 1.82) is 0 Å². The summed E-state index contributed by atoms with van der Waals surface area (Å²) in [6, 6.07) is 0. The van der Waals surface area contributed by atoms with Gasteiger partial charge in [0.2, 0.25) is 5.88 Å². The molecule has 1 aliphatic rings. The maximum absolute atomic E-state index is 12.4. The van der Waals surface area contributed by atoms with Gasteiger partial charge in [-0.15, -0.1) is 0 Å². The molecule has 2 heterocycles. The largest absolute Gasteiger partial charge is 0.481 e. The minimum absolute atomic E-state index is 0.110. The van der Waals surface area contributed by atoms with Crippen molar-refractivity contribution in [2.75, 3.05) is 18.6 Å². The second kappa shape index (κ2) is 6.17. The fourth-order valence-electron chi connectivity index (χ4n) is 2.32. The van der Waals surface area contributed by atoms with E-state index in [0.29, 0.717) is 23.2 Å². The number of carbonyl (C=O) groups is 1. The Bertz CT molecular complexity index is 538. The van der Waals surface area contributed by atoms with Crippen molar-refractivity contribution in [1.82, 2.24) is 9.55 Å². The Kier molecular flexibility index (Phi) is 4.70. The Balaban J connectivity index is 2.28. The molecule has 0 spiro atoms. The number of aromatic nitrogens is 2. The summed E-state index contributed by atoms with van der Waals surface area (Å²) < 4.78 is 23.5. The molecule has 2 rings (SSSR count). The van der Waals surface area contributed by atoms with Gasteiger partial charge in [0, 0.05) is 28.2 Å². The summed E-state index contributed by atoms with van der Waals surface area (Å²) in [5.41, 5.74) is -0.586. The van der Waals surface area contributed by atoms with Crippen molar-refractivity contribution in [3.05, 3.63) is 12.0 Å². The summed E-state index contributed by atoms with van der Waals surface area (Å²) >= 11 is 0. The highest BCUT2D eigenvalue weighted by atomic mass is 32.2. The Morgan fingerprint density at radius 2 is 2.00 bits per heavy atom. The molecule has 1 fully saturated rings. The van der Waals surface area contributed by atoms with Crippen LogP contribution in [0.25, 0.3) is 0 Å². The lowest BCUT2D eigenvalue weighted by Gasteiger charge is -2.24. The van der Waals surface area contributed by atoms with Crippen LogP contribution in [0.4, 0.5) is 4.79 Å². The van der Waals surface area contributed by atoms with Gasteiger partial charge in [-0.05, 0) is 33.6 Å². The Morgan fingerprint density at radius 1 is 1.38 bits per heavy atom. The summed E-state index contributed by atoms with van der Waals surface area (Å²) in [5.74, 6) is 2.41. The highest BCUT2D eigenvalue weighted by Gasteiger charge is 2.29. The van der Waals surface area contributed by atoms with Gasteiger partial charge in [-0.25, -0.2) is 14.3 Å². The molecule has 0 amide bonds. The van der Waals surface area contributed by atoms with Crippen molar-refractivity contribution in [3.63, 3.8) is 0 Å². The first-order chi connectivity index (χ1) is 9.81. The van der Waals surface area contributed by atoms with E-state index in [1.165, 1.54) is 17.9 Å². The third-order valence-electron chi connectivity index (χ3n) is 3.30. The lowest BCUT2D eigenvalue weighted by Crippen LogP contribution is -2.30. The van der Waals surface area contributed by atoms with E-state index in [-0.39, 0.29) is 5.92 Å². The molecule has 0 atom stereocenters. The average molecular weight is 314 g/mol. The third kappa shape index (κ3) is 3.84. The second-order valence-electron chi connectivity index (χ2n) is 6.10. The van der Waals surface area contributed by atoms with Crippen molar-refractivity contribution in [3.8, 4) is 5.88 Å².